The van der Waals surface area contributed by atoms with Crippen molar-refractivity contribution in [1.29, 1.82) is 0 Å². The van der Waals surface area contributed by atoms with Crippen molar-refractivity contribution in [3.05, 3.63) is 49.1 Å². The van der Waals surface area contributed by atoms with Gasteiger partial charge in [0.25, 0.3) is 0 Å². The highest BCUT2D eigenvalue weighted by atomic mass is 16.3. The van der Waals surface area contributed by atoms with Crippen molar-refractivity contribution in [3.8, 4) is 0 Å². The third kappa shape index (κ3) is 13.0. The minimum atomic E-state index is -0.301. The molecule has 0 radical (unpaired) electrons. The molecular formula is C17H28O. The number of hydrogen-bond acceptors (Lipinski definition) is 1. The molecule has 1 nitrogen and oxygen atoms in total. The molecule has 0 amide bonds. The molecular weight excluding hydrogens is 220 g/mol. The Morgan fingerprint density at radius 3 is 2.61 bits per heavy atom. The van der Waals surface area contributed by atoms with Gasteiger partial charge in [-0.25, -0.2) is 0 Å². The fourth-order valence-corrected chi connectivity index (χ4v) is 1.61. The molecule has 0 aromatic rings. The molecule has 0 bridgehead atoms. The molecule has 0 heterocycles. The standard InChI is InChI=1S/C17H28O/c1-3-5-7-9-10-12-14-16-17(18)15-13-11-8-6-4-2/h4-5,7,10,12,14,16-18H,2-3,6,8-9,11,13,15H2,1H3. The second kappa shape index (κ2) is 14.0. The Bertz CT molecular complexity index is 261. The lowest BCUT2D eigenvalue weighted by molar-refractivity contribution is 0.208. The molecule has 0 aliphatic carbocycles. The first-order valence-corrected chi connectivity index (χ1v) is 7.08. The van der Waals surface area contributed by atoms with Crippen LogP contribution in [-0.2, 0) is 0 Å². The summed E-state index contributed by atoms with van der Waals surface area (Å²) in [6.07, 6.45) is 21.3. The van der Waals surface area contributed by atoms with E-state index in [4.69, 9.17) is 0 Å². The molecule has 0 aromatic heterocycles. The van der Waals surface area contributed by atoms with Crippen molar-refractivity contribution in [2.45, 2.75) is 58.0 Å². The molecule has 1 unspecified atom stereocenters. The van der Waals surface area contributed by atoms with E-state index in [1.165, 1.54) is 12.8 Å². The number of hydrogen-bond donors (Lipinski definition) is 1. The molecule has 0 aliphatic heterocycles. The van der Waals surface area contributed by atoms with Crippen molar-refractivity contribution in [1.82, 2.24) is 0 Å². The Morgan fingerprint density at radius 1 is 1.06 bits per heavy atom. The van der Waals surface area contributed by atoms with E-state index < -0.39 is 0 Å². The monoisotopic (exact) mass is 248 g/mol. The Kier molecular flexibility index (Phi) is 13.1. The van der Waals surface area contributed by atoms with Gasteiger partial charge in [-0.1, -0.05) is 62.3 Å². The van der Waals surface area contributed by atoms with Crippen LogP contribution in [0, 0.1) is 0 Å². The predicted molar refractivity (Wildman–Crippen MR) is 81.6 cm³/mol. The molecule has 0 aliphatic rings. The van der Waals surface area contributed by atoms with Crippen LogP contribution in [0.4, 0.5) is 0 Å². The van der Waals surface area contributed by atoms with Gasteiger partial charge in [-0.05, 0) is 32.1 Å². The quantitative estimate of drug-likeness (QED) is 0.311. The lowest BCUT2D eigenvalue weighted by Gasteiger charge is -2.03. The fourth-order valence-electron chi connectivity index (χ4n) is 1.61. The topological polar surface area (TPSA) is 20.2 Å². The Hall–Kier alpha value is -1.08. The van der Waals surface area contributed by atoms with Crippen molar-refractivity contribution >= 4 is 0 Å². The number of unbranched alkanes of at least 4 members (excludes halogenated alkanes) is 3. The highest BCUT2D eigenvalue weighted by Crippen LogP contribution is 2.06. The Morgan fingerprint density at radius 2 is 1.89 bits per heavy atom. The number of aliphatic hydroxyl groups is 1. The largest absolute Gasteiger partial charge is 0.389 e. The normalized spacial score (nSPS) is 13.9. The maximum Gasteiger partial charge on any atom is 0.0723 e. The Balaban J connectivity index is 3.51. The average Bonchev–Trinajstić information content (AvgIpc) is 2.37. The number of allylic oxidation sites excluding steroid dienone is 6. The average molecular weight is 248 g/mol. The van der Waals surface area contributed by atoms with E-state index in [0.717, 1.165) is 32.1 Å². The van der Waals surface area contributed by atoms with Crippen molar-refractivity contribution in [3.63, 3.8) is 0 Å². The van der Waals surface area contributed by atoms with Gasteiger partial charge in [0.2, 0.25) is 0 Å². The van der Waals surface area contributed by atoms with Crippen LogP contribution in [0.5, 0.6) is 0 Å². The zero-order valence-corrected chi connectivity index (χ0v) is 11.7. The third-order valence-corrected chi connectivity index (χ3v) is 2.66. The van der Waals surface area contributed by atoms with Crippen LogP contribution in [0.3, 0.4) is 0 Å². The summed E-state index contributed by atoms with van der Waals surface area (Å²) in [5.41, 5.74) is 0. The highest BCUT2D eigenvalue weighted by molar-refractivity contribution is 5.06. The van der Waals surface area contributed by atoms with Crippen LogP contribution in [-0.4, -0.2) is 11.2 Å². The summed E-state index contributed by atoms with van der Waals surface area (Å²) in [7, 11) is 0. The molecule has 18 heavy (non-hydrogen) atoms. The van der Waals surface area contributed by atoms with Crippen molar-refractivity contribution < 1.29 is 5.11 Å². The van der Waals surface area contributed by atoms with Gasteiger partial charge in [-0.2, -0.15) is 0 Å². The van der Waals surface area contributed by atoms with Gasteiger partial charge < -0.3 is 5.11 Å². The predicted octanol–water partition coefficient (Wildman–Crippen LogP) is 4.95. The summed E-state index contributed by atoms with van der Waals surface area (Å²) in [5.74, 6) is 0. The van der Waals surface area contributed by atoms with Gasteiger partial charge in [-0.3, -0.25) is 0 Å². The molecule has 0 aromatic carbocycles. The van der Waals surface area contributed by atoms with Gasteiger partial charge in [0, 0.05) is 0 Å². The third-order valence-electron chi connectivity index (χ3n) is 2.66. The Labute approximate surface area is 113 Å². The highest BCUT2D eigenvalue weighted by Gasteiger charge is 1.97. The SMILES string of the molecule is C=CCCCCCC(O)C=CC=CCC=CCC. The molecule has 0 rings (SSSR count). The molecule has 102 valence electrons. The van der Waals surface area contributed by atoms with E-state index in [1.54, 1.807) is 0 Å². The molecule has 1 N–H and O–H groups in total. The maximum atomic E-state index is 9.69. The van der Waals surface area contributed by atoms with E-state index in [2.05, 4.69) is 31.7 Å². The first-order chi connectivity index (χ1) is 8.81. The van der Waals surface area contributed by atoms with E-state index in [-0.39, 0.29) is 6.10 Å². The van der Waals surface area contributed by atoms with E-state index in [0.29, 0.717) is 0 Å². The molecule has 0 saturated heterocycles. The van der Waals surface area contributed by atoms with Gasteiger partial charge in [-0.15, -0.1) is 6.58 Å². The lowest BCUT2D eigenvalue weighted by atomic mass is 10.1. The van der Waals surface area contributed by atoms with Gasteiger partial charge in [0.15, 0.2) is 0 Å². The zero-order valence-electron chi connectivity index (χ0n) is 11.7. The summed E-state index contributed by atoms with van der Waals surface area (Å²) < 4.78 is 0. The van der Waals surface area contributed by atoms with Crippen LogP contribution in [0.2, 0.25) is 0 Å². The maximum absolute atomic E-state index is 9.69. The minimum Gasteiger partial charge on any atom is -0.389 e. The first kappa shape index (κ1) is 16.9. The summed E-state index contributed by atoms with van der Waals surface area (Å²) in [6.45, 7) is 5.83. The van der Waals surface area contributed by atoms with E-state index in [1.807, 2.05) is 24.3 Å². The van der Waals surface area contributed by atoms with Crippen LogP contribution >= 0.6 is 0 Å². The summed E-state index contributed by atoms with van der Waals surface area (Å²) in [6, 6.07) is 0. The van der Waals surface area contributed by atoms with Crippen LogP contribution in [0.25, 0.3) is 0 Å². The summed E-state index contributed by atoms with van der Waals surface area (Å²) in [5, 5.41) is 9.69. The second-order valence-corrected chi connectivity index (χ2v) is 4.42. The van der Waals surface area contributed by atoms with Gasteiger partial charge >= 0.3 is 0 Å². The van der Waals surface area contributed by atoms with Crippen molar-refractivity contribution in [2.24, 2.45) is 0 Å². The fraction of sp³-hybridized carbons (Fsp3) is 0.529. The molecule has 0 fully saturated rings. The second-order valence-electron chi connectivity index (χ2n) is 4.42. The first-order valence-electron chi connectivity index (χ1n) is 7.08. The number of aliphatic hydroxyl groups excluding tert-OH is 1. The molecule has 1 heteroatoms. The smallest absolute Gasteiger partial charge is 0.0723 e. The minimum absolute atomic E-state index is 0.301. The zero-order chi connectivity index (χ0) is 13.5. The van der Waals surface area contributed by atoms with Crippen LogP contribution in [0.15, 0.2) is 49.1 Å². The molecule has 1 atom stereocenters. The summed E-state index contributed by atoms with van der Waals surface area (Å²) in [4.78, 5) is 0. The van der Waals surface area contributed by atoms with Crippen LogP contribution < -0.4 is 0 Å². The van der Waals surface area contributed by atoms with Gasteiger partial charge in [0.1, 0.15) is 0 Å². The summed E-state index contributed by atoms with van der Waals surface area (Å²) >= 11 is 0. The van der Waals surface area contributed by atoms with Crippen molar-refractivity contribution in [2.75, 3.05) is 0 Å². The lowest BCUT2D eigenvalue weighted by Crippen LogP contribution is -2.00. The van der Waals surface area contributed by atoms with E-state index in [9.17, 15) is 5.11 Å². The molecule has 0 saturated carbocycles. The van der Waals surface area contributed by atoms with Crippen LogP contribution in [0.1, 0.15) is 51.9 Å². The van der Waals surface area contributed by atoms with E-state index >= 15 is 0 Å². The molecule has 0 spiro atoms. The number of rotatable bonds is 11. The van der Waals surface area contributed by atoms with Gasteiger partial charge in [0.05, 0.1) is 6.10 Å².